The van der Waals surface area contributed by atoms with Crippen molar-refractivity contribution in [1.82, 2.24) is 4.90 Å². The maximum atomic E-state index is 12.1. The molecule has 1 aliphatic carbocycles. The van der Waals surface area contributed by atoms with E-state index in [2.05, 4.69) is 0 Å². The van der Waals surface area contributed by atoms with E-state index in [1.165, 1.54) is 6.42 Å². The van der Waals surface area contributed by atoms with Gasteiger partial charge in [0, 0.05) is 14.0 Å². The lowest BCUT2D eigenvalue weighted by atomic mass is 9.94. The minimum absolute atomic E-state index is 0.0381. The first-order chi connectivity index (χ1) is 8.50. The number of hydrogen-bond donors (Lipinski definition) is 1. The minimum Gasteiger partial charge on any atom is -0.444 e. The summed E-state index contributed by atoms with van der Waals surface area (Å²) in [6, 6.07) is 0.180. The molecule has 0 atom stereocenters. The van der Waals surface area contributed by atoms with Crippen molar-refractivity contribution in [3.05, 3.63) is 0 Å². The molecule has 1 fully saturated rings. The van der Waals surface area contributed by atoms with Gasteiger partial charge in [0.25, 0.3) is 0 Å². The van der Waals surface area contributed by atoms with E-state index in [1.807, 2.05) is 0 Å². The molecule has 1 amide bonds. The van der Waals surface area contributed by atoms with Crippen LogP contribution < -0.4 is 0 Å². The van der Waals surface area contributed by atoms with E-state index in [-0.39, 0.29) is 19.5 Å². The summed E-state index contributed by atoms with van der Waals surface area (Å²) in [6.07, 6.45) is 5.04. The van der Waals surface area contributed by atoms with Gasteiger partial charge in [-0.1, -0.05) is 19.3 Å². The zero-order valence-electron chi connectivity index (χ0n) is 11.9. The van der Waals surface area contributed by atoms with Crippen molar-refractivity contribution in [2.45, 2.75) is 64.5 Å². The molecule has 0 aromatic heterocycles. The summed E-state index contributed by atoms with van der Waals surface area (Å²) < 4.78 is 12.7. The second kappa shape index (κ2) is 6.24. The van der Waals surface area contributed by atoms with Gasteiger partial charge in [-0.05, 0) is 33.6 Å². The van der Waals surface area contributed by atoms with Crippen molar-refractivity contribution in [3.63, 3.8) is 0 Å². The summed E-state index contributed by atoms with van der Waals surface area (Å²) >= 11 is 0. The van der Waals surface area contributed by atoms with Gasteiger partial charge < -0.3 is 14.7 Å². The van der Waals surface area contributed by atoms with Crippen LogP contribution in [0.3, 0.4) is 0 Å². The van der Waals surface area contributed by atoms with Gasteiger partial charge in [-0.15, -0.1) is 0 Å². The third-order valence-corrected chi connectivity index (χ3v) is 2.95. The second-order valence-electron chi connectivity index (χ2n) is 5.34. The molecule has 4 heteroatoms. The first-order valence-electron chi connectivity index (χ1n) is 7.10. The maximum absolute atomic E-state index is 12.1. The number of aliphatic hydroxyl groups is 1. The summed E-state index contributed by atoms with van der Waals surface area (Å²) in [4.78, 5) is 13.8. The van der Waals surface area contributed by atoms with Crippen LogP contribution in [-0.4, -0.2) is 40.9 Å². The number of amides is 1. The molecule has 0 radical (unpaired) electrons. The maximum Gasteiger partial charge on any atom is 0.410 e. The highest BCUT2D eigenvalue weighted by atomic mass is 16.6. The average molecular weight is 244 g/mol. The number of nitrogens with zero attached hydrogens (tertiary/aromatic N) is 1. The van der Waals surface area contributed by atoms with Crippen LogP contribution in [0, 0.1) is 0 Å². The molecule has 0 bridgehead atoms. The lowest BCUT2D eigenvalue weighted by Crippen LogP contribution is -2.45. The van der Waals surface area contributed by atoms with Gasteiger partial charge in [-0.2, -0.15) is 0 Å². The summed E-state index contributed by atoms with van der Waals surface area (Å²) in [6.45, 7) is 3.77. The van der Waals surface area contributed by atoms with Crippen molar-refractivity contribution in [2.75, 3.05) is 13.2 Å². The van der Waals surface area contributed by atoms with Gasteiger partial charge in [-0.3, -0.25) is 0 Å². The van der Waals surface area contributed by atoms with E-state index in [1.54, 1.807) is 18.7 Å². The van der Waals surface area contributed by atoms with Gasteiger partial charge >= 0.3 is 6.09 Å². The van der Waals surface area contributed by atoms with Crippen LogP contribution in [0.25, 0.3) is 0 Å². The fourth-order valence-corrected chi connectivity index (χ4v) is 2.22. The lowest BCUT2D eigenvalue weighted by Gasteiger charge is -2.35. The fourth-order valence-electron chi connectivity index (χ4n) is 2.22. The normalized spacial score (nSPS) is 18.6. The third-order valence-electron chi connectivity index (χ3n) is 2.95. The molecule has 0 spiro atoms. The summed E-state index contributed by atoms with van der Waals surface area (Å²) in [5.74, 6) is 0. The number of carbonyl (C=O) groups excluding carboxylic acids is 1. The van der Waals surface area contributed by atoms with E-state index in [4.69, 9.17) is 11.2 Å². The SMILES string of the molecule is [2H]CC(C)(C)OC(=O)N(CCO)C1CCCCC1. The zero-order chi connectivity index (χ0) is 13.6. The van der Waals surface area contributed by atoms with Gasteiger partial charge in [0.2, 0.25) is 0 Å². The van der Waals surface area contributed by atoms with E-state index in [0.717, 1.165) is 25.7 Å². The number of hydrogen-bond acceptors (Lipinski definition) is 3. The van der Waals surface area contributed by atoms with Crippen molar-refractivity contribution < 1.29 is 16.0 Å². The summed E-state index contributed by atoms with van der Waals surface area (Å²) in [5, 5.41) is 9.09. The van der Waals surface area contributed by atoms with Gasteiger partial charge in [0.1, 0.15) is 5.60 Å². The van der Waals surface area contributed by atoms with Gasteiger partial charge in [0.15, 0.2) is 0 Å². The standard InChI is InChI=1S/C13H25NO3/c1-13(2,3)17-12(16)14(9-10-15)11-7-5-4-6-8-11/h11,15H,4-10H2,1-3H3/i1D. The van der Waals surface area contributed by atoms with E-state index >= 15 is 0 Å². The van der Waals surface area contributed by atoms with Crippen LogP contribution in [0.1, 0.15) is 54.2 Å². The van der Waals surface area contributed by atoms with Gasteiger partial charge in [0.05, 0.1) is 6.61 Å². The Balaban J connectivity index is 2.62. The molecule has 0 saturated heterocycles. The molecule has 1 N–H and O–H groups in total. The fraction of sp³-hybridized carbons (Fsp3) is 0.923. The average Bonchev–Trinajstić information content (AvgIpc) is 2.36. The van der Waals surface area contributed by atoms with Crippen LogP contribution in [0.5, 0.6) is 0 Å². The predicted molar refractivity (Wildman–Crippen MR) is 66.9 cm³/mol. The topological polar surface area (TPSA) is 49.8 Å². The highest BCUT2D eigenvalue weighted by Crippen LogP contribution is 2.24. The highest BCUT2D eigenvalue weighted by Gasteiger charge is 2.28. The van der Waals surface area contributed by atoms with Crippen LogP contribution in [0.4, 0.5) is 4.79 Å². The van der Waals surface area contributed by atoms with Crippen LogP contribution in [-0.2, 0) is 4.74 Å². The Morgan fingerprint density at radius 3 is 2.65 bits per heavy atom. The number of carbonyl (C=O) groups is 1. The third kappa shape index (κ3) is 4.94. The molecule has 0 aliphatic heterocycles. The number of rotatable bonds is 3. The van der Waals surface area contributed by atoms with Crippen molar-refractivity contribution in [3.8, 4) is 0 Å². The van der Waals surface area contributed by atoms with E-state index < -0.39 is 11.7 Å². The Morgan fingerprint density at radius 1 is 1.47 bits per heavy atom. The van der Waals surface area contributed by atoms with Crippen LogP contribution in [0.15, 0.2) is 0 Å². The molecule has 100 valence electrons. The van der Waals surface area contributed by atoms with Gasteiger partial charge in [-0.25, -0.2) is 4.79 Å². The molecule has 1 aliphatic rings. The smallest absolute Gasteiger partial charge is 0.410 e. The molecule has 0 aromatic rings. The Hall–Kier alpha value is -0.770. The van der Waals surface area contributed by atoms with Crippen LogP contribution in [0.2, 0.25) is 0 Å². The Kier molecular flexibility index (Phi) is 4.66. The second-order valence-corrected chi connectivity index (χ2v) is 5.34. The molecule has 1 rings (SSSR count). The molecule has 0 aromatic carbocycles. The van der Waals surface area contributed by atoms with E-state index in [0.29, 0.717) is 6.54 Å². The predicted octanol–water partition coefficient (Wildman–Crippen LogP) is 2.55. The van der Waals surface area contributed by atoms with Crippen molar-refractivity contribution in [2.24, 2.45) is 0 Å². The van der Waals surface area contributed by atoms with Crippen LogP contribution >= 0.6 is 0 Å². The lowest BCUT2D eigenvalue weighted by molar-refractivity contribution is 0.00826. The molecule has 1 saturated carbocycles. The first-order valence-corrected chi connectivity index (χ1v) is 6.40. The Bertz CT molecular complexity index is 265. The number of ether oxygens (including phenoxy) is 1. The quantitative estimate of drug-likeness (QED) is 0.830. The minimum atomic E-state index is -0.764. The molecule has 4 nitrogen and oxygen atoms in total. The van der Waals surface area contributed by atoms with E-state index in [9.17, 15) is 4.79 Å². The first kappa shape index (κ1) is 12.7. The largest absolute Gasteiger partial charge is 0.444 e. The summed E-state index contributed by atoms with van der Waals surface area (Å²) in [7, 11) is 0. The Labute approximate surface area is 105 Å². The Morgan fingerprint density at radius 2 is 2.12 bits per heavy atom. The molecule has 0 heterocycles. The van der Waals surface area contributed by atoms with Crippen molar-refractivity contribution >= 4 is 6.09 Å². The molecular weight excluding hydrogens is 218 g/mol. The monoisotopic (exact) mass is 244 g/mol. The molecule has 0 unspecified atom stereocenters. The zero-order valence-corrected chi connectivity index (χ0v) is 10.9. The number of aliphatic hydroxyl groups excluding tert-OH is 1. The molecule has 17 heavy (non-hydrogen) atoms. The van der Waals surface area contributed by atoms with Crippen molar-refractivity contribution in [1.29, 1.82) is 0 Å². The molecular formula is C13H25NO3. The highest BCUT2D eigenvalue weighted by molar-refractivity contribution is 5.68. The summed E-state index contributed by atoms with van der Waals surface area (Å²) in [5.41, 5.74) is -0.764.